The molecule has 3 N–H and O–H groups in total. The van der Waals surface area contributed by atoms with Crippen molar-refractivity contribution < 1.29 is 9.90 Å². The van der Waals surface area contributed by atoms with E-state index in [-0.39, 0.29) is 30.8 Å². The zero-order valence-electron chi connectivity index (χ0n) is 10.0. The van der Waals surface area contributed by atoms with E-state index >= 15 is 0 Å². The number of benzene rings is 1. The molecule has 1 fully saturated rings. The maximum Gasteiger partial charge on any atom is 0.225 e. The molecular formula is C12H15Cl3N2O2. The van der Waals surface area contributed by atoms with Gasteiger partial charge < -0.3 is 15.7 Å². The van der Waals surface area contributed by atoms with E-state index in [1.54, 1.807) is 18.2 Å². The zero-order chi connectivity index (χ0) is 13.1. The normalized spacial score (nSPS) is 16.2. The van der Waals surface area contributed by atoms with Crippen molar-refractivity contribution in [1.82, 2.24) is 10.6 Å². The first kappa shape index (κ1) is 16.5. The summed E-state index contributed by atoms with van der Waals surface area (Å²) < 4.78 is 0. The van der Waals surface area contributed by atoms with E-state index < -0.39 is 6.10 Å². The minimum Gasteiger partial charge on any atom is -0.387 e. The van der Waals surface area contributed by atoms with Gasteiger partial charge in [-0.1, -0.05) is 23.2 Å². The van der Waals surface area contributed by atoms with Crippen LogP contribution in [0.1, 0.15) is 11.7 Å². The topological polar surface area (TPSA) is 61.4 Å². The van der Waals surface area contributed by atoms with E-state index in [4.69, 9.17) is 23.2 Å². The van der Waals surface area contributed by atoms with Crippen molar-refractivity contribution in [3.63, 3.8) is 0 Å². The van der Waals surface area contributed by atoms with E-state index in [1.165, 1.54) is 0 Å². The summed E-state index contributed by atoms with van der Waals surface area (Å²) in [6, 6.07) is 4.86. The van der Waals surface area contributed by atoms with Crippen LogP contribution < -0.4 is 10.6 Å². The number of nitrogens with one attached hydrogen (secondary N) is 2. The molecule has 7 heteroatoms. The van der Waals surface area contributed by atoms with Crippen LogP contribution in [-0.2, 0) is 4.79 Å². The quantitative estimate of drug-likeness (QED) is 0.791. The molecule has 0 aliphatic carbocycles. The predicted molar refractivity (Wildman–Crippen MR) is 78.0 cm³/mol. The first-order valence-electron chi connectivity index (χ1n) is 5.69. The number of amides is 1. The second kappa shape index (κ2) is 7.31. The van der Waals surface area contributed by atoms with Crippen LogP contribution in [0.4, 0.5) is 0 Å². The second-order valence-corrected chi connectivity index (χ2v) is 5.19. The lowest BCUT2D eigenvalue weighted by Crippen LogP contribution is -2.51. The Hall–Kier alpha value is -0.520. The van der Waals surface area contributed by atoms with Crippen LogP contribution >= 0.6 is 35.6 Å². The summed E-state index contributed by atoms with van der Waals surface area (Å²) in [4.78, 5) is 11.6. The number of hydrogen-bond donors (Lipinski definition) is 3. The fourth-order valence-electron chi connectivity index (χ4n) is 1.70. The number of rotatable bonds is 4. The predicted octanol–water partition coefficient (Wildman–Crippen LogP) is 1.78. The van der Waals surface area contributed by atoms with Crippen LogP contribution in [0, 0.1) is 5.92 Å². The number of aliphatic hydroxyl groups is 1. The number of carbonyl (C=O) groups is 1. The Morgan fingerprint density at radius 2 is 1.95 bits per heavy atom. The summed E-state index contributed by atoms with van der Waals surface area (Å²) in [7, 11) is 0. The van der Waals surface area contributed by atoms with Gasteiger partial charge >= 0.3 is 0 Å². The van der Waals surface area contributed by atoms with Gasteiger partial charge in [0.05, 0.1) is 12.0 Å². The van der Waals surface area contributed by atoms with Gasteiger partial charge in [-0.15, -0.1) is 12.4 Å². The van der Waals surface area contributed by atoms with Crippen LogP contribution in [0.25, 0.3) is 0 Å². The van der Waals surface area contributed by atoms with Crippen LogP contribution in [0.5, 0.6) is 0 Å². The molecule has 1 unspecified atom stereocenters. The lowest BCUT2D eigenvalue weighted by Gasteiger charge is -2.26. The third-order valence-electron chi connectivity index (χ3n) is 2.89. The highest BCUT2D eigenvalue weighted by atomic mass is 35.5. The molecule has 1 aliphatic heterocycles. The highest BCUT2D eigenvalue weighted by Gasteiger charge is 2.25. The second-order valence-electron chi connectivity index (χ2n) is 4.32. The molecule has 1 saturated heterocycles. The van der Waals surface area contributed by atoms with Gasteiger partial charge in [-0.2, -0.15) is 0 Å². The van der Waals surface area contributed by atoms with E-state index in [2.05, 4.69) is 10.6 Å². The van der Waals surface area contributed by atoms with Crippen LogP contribution in [-0.4, -0.2) is 30.6 Å². The standard InChI is InChI=1S/C12H14Cl2N2O2.ClH/c13-9-1-7(2-10(14)3-9)11(17)6-16-12(18)8-4-15-5-8;/h1-3,8,11,15,17H,4-6H2,(H,16,18);1H. The molecule has 0 saturated carbocycles. The first-order chi connectivity index (χ1) is 8.56. The minimum absolute atomic E-state index is 0. The average Bonchev–Trinajstić information content (AvgIpc) is 2.22. The van der Waals surface area contributed by atoms with Crippen LogP contribution in [0.2, 0.25) is 10.0 Å². The van der Waals surface area contributed by atoms with Gasteiger partial charge in [-0.3, -0.25) is 4.79 Å². The molecule has 1 aliphatic rings. The SMILES string of the molecule is Cl.O=C(NCC(O)c1cc(Cl)cc(Cl)c1)C1CNC1. The highest BCUT2D eigenvalue weighted by Crippen LogP contribution is 2.23. The number of hydrogen-bond acceptors (Lipinski definition) is 3. The van der Waals surface area contributed by atoms with Crippen molar-refractivity contribution >= 4 is 41.5 Å². The Labute approximate surface area is 127 Å². The number of aliphatic hydroxyl groups excluding tert-OH is 1. The maximum atomic E-state index is 11.6. The molecule has 1 aromatic carbocycles. The molecule has 0 radical (unpaired) electrons. The molecule has 19 heavy (non-hydrogen) atoms. The van der Waals surface area contributed by atoms with E-state index in [0.29, 0.717) is 28.7 Å². The van der Waals surface area contributed by atoms with E-state index in [9.17, 15) is 9.90 Å². The van der Waals surface area contributed by atoms with Gasteiger partial charge in [-0.25, -0.2) is 0 Å². The third-order valence-corrected chi connectivity index (χ3v) is 3.33. The maximum absolute atomic E-state index is 11.6. The van der Waals surface area contributed by atoms with Gasteiger partial charge in [-0.05, 0) is 23.8 Å². The van der Waals surface area contributed by atoms with E-state index in [0.717, 1.165) is 0 Å². The molecule has 1 amide bonds. The van der Waals surface area contributed by atoms with Crippen molar-refractivity contribution in [3.05, 3.63) is 33.8 Å². The summed E-state index contributed by atoms with van der Waals surface area (Å²) in [6.07, 6.45) is -0.807. The molecule has 1 heterocycles. The van der Waals surface area contributed by atoms with Crippen molar-refractivity contribution in [2.45, 2.75) is 6.10 Å². The largest absolute Gasteiger partial charge is 0.387 e. The van der Waals surface area contributed by atoms with Crippen molar-refractivity contribution in [2.75, 3.05) is 19.6 Å². The van der Waals surface area contributed by atoms with Gasteiger partial charge in [0.2, 0.25) is 5.91 Å². The summed E-state index contributed by atoms with van der Waals surface area (Å²) in [6.45, 7) is 1.56. The van der Waals surface area contributed by atoms with Gasteiger partial charge in [0.15, 0.2) is 0 Å². The first-order valence-corrected chi connectivity index (χ1v) is 6.44. The average molecular weight is 326 g/mol. The molecule has 0 aromatic heterocycles. The molecule has 106 valence electrons. The molecular weight excluding hydrogens is 311 g/mol. The fourth-order valence-corrected chi connectivity index (χ4v) is 2.24. The zero-order valence-corrected chi connectivity index (χ0v) is 12.4. The molecule has 0 spiro atoms. The van der Waals surface area contributed by atoms with Crippen LogP contribution in [0.3, 0.4) is 0 Å². The number of carbonyl (C=O) groups excluding carboxylic acids is 1. The number of halogens is 3. The van der Waals surface area contributed by atoms with Crippen molar-refractivity contribution in [3.8, 4) is 0 Å². The summed E-state index contributed by atoms with van der Waals surface area (Å²) in [5.74, 6) is -0.0268. The Kier molecular flexibility index (Phi) is 6.36. The fraction of sp³-hybridized carbons (Fsp3) is 0.417. The van der Waals surface area contributed by atoms with Crippen molar-refractivity contribution in [1.29, 1.82) is 0 Å². The van der Waals surface area contributed by atoms with Gasteiger partial charge in [0.25, 0.3) is 0 Å². The Balaban J connectivity index is 0.00000180. The van der Waals surface area contributed by atoms with Gasteiger partial charge in [0.1, 0.15) is 0 Å². The summed E-state index contributed by atoms with van der Waals surface area (Å²) in [5.41, 5.74) is 0.597. The molecule has 4 nitrogen and oxygen atoms in total. The smallest absolute Gasteiger partial charge is 0.225 e. The Morgan fingerprint density at radius 1 is 1.37 bits per heavy atom. The molecule has 1 atom stereocenters. The molecule has 1 aromatic rings. The Bertz CT molecular complexity index is 432. The summed E-state index contributed by atoms with van der Waals surface area (Å²) >= 11 is 11.7. The van der Waals surface area contributed by atoms with Crippen molar-refractivity contribution in [2.24, 2.45) is 5.92 Å². The lowest BCUT2D eigenvalue weighted by molar-refractivity contribution is -0.126. The summed E-state index contributed by atoms with van der Waals surface area (Å²) in [5, 5.41) is 16.6. The Morgan fingerprint density at radius 3 is 2.42 bits per heavy atom. The van der Waals surface area contributed by atoms with Gasteiger partial charge in [0, 0.05) is 29.7 Å². The minimum atomic E-state index is -0.807. The molecule has 0 bridgehead atoms. The monoisotopic (exact) mass is 324 g/mol. The lowest BCUT2D eigenvalue weighted by atomic mass is 10.0. The van der Waals surface area contributed by atoms with E-state index in [1.807, 2.05) is 0 Å². The van der Waals surface area contributed by atoms with Crippen LogP contribution in [0.15, 0.2) is 18.2 Å². The highest BCUT2D eigenvalue weighted by molar-refractivity contribution is 6.34. The molecule has 2 rings (SSSR count). The third kappa shape index (κ3) is 4.51.